The van der Waals surface area contributed by atoms with Crippen molar-refractivity contribution in [3.05, 3.63) is 63.2 Å². The fourth-order valence-corrected chi connectivity index (χ4v) is 1.77. The van der Waals surface area contributed by atoms with E-state index < -0.39 is 16.6 Å². The summed E-state index contributed by atoms with van der Waals surface area (Å²) < 4.78 is 26.9. The molecule has 0 bridgehead atoms. The third-order valence-electron chi connectivity index (χ3n) is 2.40. The molecule has 0 fully saturated rings. The number of nitrogens with zero attached hydrogens (tertiary/aromatic N) is 1. The molecule has 92 valence electrons. The Morgan fingerprint density at radius 2 is 1.83 bits per heavy atom. The first-order valence-electron chi connectivity index (χ1n) is 4.89. The van der Waals surface area contributed by atoms with Crippen molar-refractivity contribution in [2.45, 2.75) is 0 Å². The molecule has 2 aromatic carbocycles. The summed E-state index contributed by atoms with van der Waals surface area (Å²) in [5.41, 5.74) is -0.619. The fourth-order valence-electron chi connectivity index (χ4n) is 1.60. The number of hydrogen-bond donors (Lipinski definition) is 0. The Bertz CT molecular complexity index is 631. The highest BCUT2D eigenvalue weighted by Gasteiger charge is 2.19. The first kappa shape index (κ1) is 12.4. The molecule has 0 amide bonds. The van der Waals surface area contributed by atoms with Crippen molar-refractivity contribution in [3.63, 3.8) is 0 Å². The Balaban J connectivity index is 2.73. The van der Waals surface area contributed by atoms with Gasteiger partial charge >= 0.3 is 0 Å². The van der Waals surface area contributed by atoms with E-state index in [1.807, 2.05) is 0 Å². The van der Waals surface area contributed by atoms with Gasteiger partial charge in [-0.2, -0.15) is 0 Å². The third-order valence-corrected chi connectivity index (χ3v) is 2.69. The normalized spacial score (nSPS) is 10.4. The van der Waals surface area contributed by atoms with E-state index in [0.29, 0.717) is 0 Å². The summed E-state index contributed by atoms with van der Waals surface area (Å²) in [6, 6.07) is 6.91. The van der Waals surface area contributed by atoms with Gasteiger partial charge in [0.25, 0.3) is 5.69 Å². The lowest BCUT2D eigenvalue weighted by Gasteiger charge is -2.05. The molecule has 0 atom stereocenters. The average Bonchev–Trinajstić information content (AvgIpc) is 2.32. The van der Waals surface area contributed by atoms with Gasteiger partial charge in [0.2, 0.25) is 0 Å². The average molecular weight is 270 g/mol. The molecule has 0 aliphatic heterocycles. The van der Waals surface area contributed by atoms with Gasteiger partial charge in [-0.3, -0.25) is 10.1 Å². The fraction of sp³-hybridized carbons (Fsp3) is 0. The van der Waals surface area contributed by atoms with Crippen LogP contribution in [0.1, 0.15) is 0 Å². The van der Waals surface area contributed by atoms with Crippen LogP contribution in [0.4, 0.5) is 14.5 Å². The van der Waals surface area contributed by atoms with E-state index in [4.69, 9.17) is 11.6 Å². The Labute approximate surface area is 106 Å². The van der Waals surface area contributed by atoms with E-state index >= 15 is 0 Å². The van der Waals surface area contributed by atoms with Gasteiger partial charge in [-0.05, 0) is 18.2 Å². The van der Waals surface area contributed by atoms with Crippen LogP contribution in [-0.2, 0) is 0 Å². The summed E-state index contributed by atoms with van der Waals surface area (Å²) in [7, 11) is 0. The molecule has 0 aliphatic carbocycles. The topological polar surface area (TPSA) is 43.1 Å². The van der Waals surface area contributed by atoms with Crippen molar-refractivity contribution < 1.29 is 13.7 Å². The molecule has 6 heteroatoms. The number of nitro groups is 1. The molecule has 0 saturated heterocycles. The number of hydrogen-bond acceptors (Lipinski definition) is 2. The lowest BCUT2D eigenvalue weighted by Crippen LogP contribution is -1.95. The smallest absolute Gasteiger partial charge is 0.258 e. The molecule has 2 rings (SSSR count). The Morgan fingerprint density at radius 1 is 1.11 bits per heavy atom. The maximum atomic E-state index is 13.8. The van der Waals surface area contributed by atoms with Gasteiger partial charge in [0.05, 0.1) is 15.5 Å². The molecule has 18 heavy (non-hydrogen) atoms. The molecule has 0 saturated carbocycles. The molecule has 0 spiro atoms. The quantitative estimate of drug-likeness (QED) is 0.606. The van der Waals surface area contributed by atoms with Crippen molar-refractivity contribution >= 4 is 17.3 Å². The van der Waals surface area contributed by atoms with Gasteiger partial charge in [0.1, 0.15) is 11.6 Å². The third kappa shape index (κ3) is 2.17. The predicted molar refractivity (Wildman–Crippen MR) is 63.5 cm³/mol. The monoisotopic (exact) mass is 269 g/mol. The second-order valence-corrected chi connectivity index (χ2v) is 3.93. The van der Waals surface area contributed by atoms with E-state index in [2.05, 4.69) is 0 Å². The molecular formula is C12H6ClF2NO2. The van der Waals surface area contributed by atoms with Crippen molar-refractivity contribution in [3.8, 4) is 11.1 Å². The predicted octanol–water partition coefficient (Wildman–Crippen LogP) is 4.19. The van der Waals surface area contributed by atoms with Gasteiger partial charge in [-0.25, -0.2) is 8.78 Å². The van der Waals surface area contributed by atoms with Gasteiger partial charge < -0.3 is 0 Å². The Morgan fingerprint density at radius 3 is 2.50 bits per heavy atom. The van der Waals surface area contributed by atoms with Crippen LogP contribution in [0.25, 0.3) is 11.1 Å². The highest BCUT2D eigenvalue weighted by Crippen LogP contribution is 2.34. The van der Waals surface area contributed by atoms with Crippen molar-refractivity contribution in [2.75, 3.05) is 0 Å². The van der Waals surface area contributed by atoms with Crippen molar-refractivity contribution in [1.29, 1.82) is 0 Å². The first-order valence-corrected chi connectivity index (χ1v) is 5.27. The number of rotatable bonds is 2. The zero-order valence-corrected chi connectivity index (χ0v) is 9.62. The maximum absolute atomic E-state index is 13.8. The highest BCUT2D eigenvalue weighted by atomic mass is 35.5. The van der Waals surface area contributed by atoms with E-state index in [1.54, 1.807) is 0 Å². The van der Waals surface area contributed by atoms with Crippen LogP contribution in [0, 0.1) is 21.7 Å². The summed E-state index contributed by atoms with van der Waals surface area (Å²) in [6.07, 6.45) is 0. The highest BCUT2D eigenvalue weighted by molar-refractivity contribution is 6.31. The van der Waals surface area contributed by atoms with Crippen LogP contribution in [0.2, 0.25) is 5.02 Å². The van der Waals surface area contributed by atoms with Gasteiger partial charge in [0, 0.05) is 11.6 Å². The van der Waals surface area contributed by atoms with Gasteiger partial charge in [-0.15, -0.1) is 0 Å². The van der Waals surface area contributed by atoms with Gasteiger partial charge in [0.15, 0.2) is 0 Å². The SMILES string of the molecule is O=[N+]([O-])c1ccc(F)cc1-c1cccc(Cl)c1F. The molecule has 0 radical (unpaired) electrons. The summed E-state index contributed by atoms with van der Waals surface area (Å²) in [5.74, 6) is -1.50. The largest absolute Gasteiger partial charge is 0.277 e. The molecule has 0 N–H and O–H groups in total. The van der Waals surface area contributed by atoms with Crippen LogP contribution in [0.3, 0.4) is 0 Å². The minimum Gasteiger partial charge on any atom is -0.258 e. The number of halogens is 3. The second kappa shape index (κ2) is 4.70. The van der Waals surface area contributed by atoms with Crippen molar-refractivity contribution in [2.24, 2.45) is 0 Å². The summed E-state index contributed by atoms with van der Waals surface area (Å²) in [6.45, 7) is 0. The number of nitro benzene ring substituents is 1. The minimum absolute atomic E-state index is 0.103. The maximum Gasteiger partial charge on any atom is 0.277 e. The summed E-state index contributed by atoms with van der Waals surface area (Å²) >= 11 is 5.60. The molecule has 0 heterocycles. The van der Waals surface area contributed by atoms with Crippen LogP contribution in [0.5, 0.6) is 0 Å². The Hall–Kier alpha value is -2.01. The number of benzene rings is 2. The molecule has 0 aliphatic rings. The van der Waals surface area contributed by atoms with Crippen LogP contribution >= 0.6 is 11.6 Å². The molecular weight excluding hydrogens is 264 g/mol. The summed E-state index contributed by atoms with van der Waals surface area (Å²) in [4.78, 5) is 10.1. The van der Waals surface area contributed by atoms with E-state index in [1.165, 1.54) is 18.2 Å². The first-order chi connectivity index (χ1) is 8.50. The Kier molecular flexibility index (Phi) is 3.25. The summed E-state index contributed by atoms with van der Waals surface area (Å²) in [5, 5.41) is 10.7. The zero-order chi connectivity index (χ0) is 13.3. The standard InChI is InChI=1S/C12H6ClF2NO2/c13-10-3-1-2-8(12(10)15)9-6-7(14)4-5-11(9)16(17)18/h1-6H. The second-order valence-electron chi connectivity index (χ2n) is 3.52. The van der Waals surface area contributed by atoms with E-state index in [-0.39, 0.29) is 21.8 Å². The molecule has 0 unspecified atom stereocenters. The minimum atomic E-state index is -0.812. The van der Waals surface area contributed by atoms with Gasteiger partial charge in [-0.1, -0.05) is 23.7 Å². The van der Waals surface area contributed by atoms with Crippen LogP contribution in [-0.4, -0.2) is 4.92 Å². The van der Waals surface area contributed by atoms with E-state index in [0.717, 1.165) is 18.2 Å². The van der Waals surface area contributed by atoms with Crippen LogP contribution in [0.15, 0.2) is 36.4 Å². The van der Waals surface area contributed by atoms with Crippen molar-refractivity contribution in [1.82, 2.24) is 0 Å². The molecule has 3 nitrogen and oxygen atoms in total. The zero-order valence-electron chi connectivity index (χ0n) is 8.86. The lowest BCUT2D eigenvalue weighted by atomic mass is 10.0. The molecule has 0 aromatic heterocycles. The van der Waals surface area contributed by atoms with E-state index in [9.17, 15) is 18.9 Å². The lowest BCUT2D eigenvalue weighted by molar-refractivity contribution is -0.384. The van der Waals surface area contributed by atoms with Crippen LogP contribution < -0.4 is 0 Å². The molecule has 2 aromatic rings.